The molecule has 6 heteroatoms. The minimum absolute atomic E-state index is 0.0450. The smallest absolute Gasteiger partial charge is 0.260 e. The van der Waals surface area contributed by atoms with E-state index in [1.165, 1.54) is 11.1 Å². The zero-order valence-electron chi connectivity index (χ0n) is 11.9. The number of carbonyl (C=O) groups excluding carboxylic acids is 1. The van der Waals surface area contributed by atoms with Gasteiger partial charge in [0.1, 0.15) is 5.70 Å². The zero-order valence-corrected chi connectivity index (χ0v) is 11.9. The molecule has 1 aromatic heterocycles. The van der Waals surface area contributed by atoms with E-state index in [9.17, 15) is 4.79 Å². The fraction of sp³-hybridized carbons (Fsp3) is 0.286. The lowest BCUT2D eigenvalue weighted by Gasteiger charge is -2.10. The third kappa shape index (κ3) is 5.01. The molecule has 106 valence electrons. The van der Waals surface area contributed by atoms with E-state index < -0.39 is 0 Å². The lowest BCUT2D eigenvalue weighted by atomic mass is 10.3. The highest BCUT2D eigenvalue weighted by Crippen LogP contribution is 2.11. The Balaban J connectivity index is 2.70. The Kier molecular flexibility index (Phi) is 6.09. The van der Waals surface area contributed by atoms with Crippen molar-refractivity contribution in [2.45, 2.75) is 6.92 Å². The minimum atomic E-state index is -0.129. The molecule has 0 radical (unpaired) electrons. The van der Waals surface area contributed by atoms with Crippen molar-refractivity contribution >= 4 is 24.2 Å². The first-order valence-corrected chi connectivity index (χ1v) is 6.00. The van der Waals surface area contributed by atoms with Crippen LogP contribution in [0.4, 0.5) is 0 Å². The largest absolute Gasteiger partial charge is 0.471 e. The van der Waals surface area contributed by atoms with Gasteiger partial charge in [-0.15, -0.1) is 0 Å². The van der Waals surface area contributed by atoms with Crippen LogP contribution in [0, 0.1) is 0 Å². The van der Waals surface area contributed by atoms with E-state index in [-0.39, 0.29) is 12.5 Å². The number of aromatic nitrogens is 1. The summed E-state index contributed by atoms with van der Waals surface area (Å²) in [5.41, 5.74) is 1.20. The minimum Gasteiger partial charge on any atom is -0.471 e. The van der Waals surface area contributed by atoms with Crippen molar-refractivity contribution in [2.24, 2.45) is 9.98 Å². The summed E-state index contributed by atoms with van der Waals surface area (Å²) in [7, 11) is 3.33. The molecule has 0 atom stereocenters. The molecule has 0 fully saturated rings. The Bertz CT molecular complexity index is 521. The third-order valence-electron chi connectivity index (χ3n) is 2.37. The first-order chi connectivity index (χ1) is 9.54. The van der Waals surface area contributed by atoms with E-state index in [4.69, 9.17) is 4.74 Å². The Morgan fingerprint density at radius 2 is 2.25 bits per heavy atom. The second kappa shape index (κ2) is 7.83. The Hall–Kier alpha value is -2.50. The molecule has 1 amide bonds. The fourth-order valence-corrected chi connectivity index (χ4v) is 1.19. The summed E-state index contributed by atoms with van der Waals surface area (Å²) in [4.78, 5) is 24.9. The normalized spacial score (nSPS) is 11.9. The highest BCUT2D eigenvalue weighted by molar-refractivity contribution is 5.82. The summed E-state index contributed by atoms with van der Waals surface area (Å²) in [6, 6.07) is 5.47. The second-order valence-electron chi connectivity index (χ2n) is 4.11. The highest BCUT2D eigenvalue weighted by atomic mass is 16.5. The number of pyridine rings is 1. The van der Waals surface area contributed by atoms with Gasteiger partial charge in [0.25, 0.3) is 5.91 Å². The van der Waals surface area contributed by atoms with Gasteiger partial charge < -0.3 is 9.64 Å². The van der Waals surface area contributed by atoms with Gasteiger partial charge in [-0.25, -0.2) is 4.99 Å². The fourth-order valence-electron chi connectivity index (χ4n) is 1.19. The summed E-state index contributed by atoms with van der Waals surface area (Å²) in [5, 5.41) is 0. The molecule has 0 bridgehead atoms. The number of aliphatic imine (C=N–C) groups is 2. The summed E-state index contributed by atoms with van der Waals surface area (Å²) in [6.45, 7) is 5.10. The van der Waals surface area contributed by atoms with Crippen LogP contribution in [0.2, 0.25) is 0 Å². The summed E-state index contributed by atoms with van der Waals surface area (Å²) in [5.74, 6) is 0.243. The standard InChI is InChI=1S/C14H18N4O2/c1-11(20-10-14(19)18(3)4)17-9-13(15-2)12-7-5-6-8-16-12/h5-9H,2,10H2,1,3-4H3/b13-9-,17-11?. The van der Waals surface area contributed by atoms with Gasteiger partial charge in [-0.2, -0.15) is 0 Å². The number of rotatable bonds is 5. The zero-order chi connectivity index (χ0) is 15.0. The van der Waals surface area contributed by atoms with Crippen molar-refractivity contribution in [1.29, 1.82) is 0 Å². The van der Waals surface area contributed by atoms with Crippen molar-refractivity contribution in [2.75, 3.05) is 20.7 Å². The molecule has 0 spiro atoms. The molecule has 1 heterocycles. The van der Waals surface area contributed by atoms with Gasteiger partial charge in [0.2, 0.25) is 0 Å². The van der Waals surface area contributed by atoms with Gasteiger partial charge in [0, 0.05) is 27.2 Å². The average Bonchev–Trinajstić information content (AvgIpc) is 2.46. The number of carbonyl (C=O) groups is 1. The van der Waals surface area contributed by atoms with Crippen molar-refractivity contribution in [3.8, 4) is 0 Å². The quantitative estimate of drug-likeness (QED) is 0.605. The van der Waals surface area contributed by atoms with E-state index in [1.54, 1.807) is 27.2 Å². The highest BCUT2D eigenvalue weighted by Gasteiger charge is 2.04. The number of nitrogens with zero attached hydrogens (tertiary/aromatic N) is 4. The SMILES string of the molecule is C=N/C(=C\N=C(C)OCC(=O)N(C)C)c1ccccn1. The Labute approximate surface area is 118 Å². The topological polar surface area (TPSA) is 67.2 Å². The predicted octanol–water partition coefficient (Wildman–Crippen LogP) is 1.60. The molecule has 0 aliphatic rings. The molecule has 1 aromatic rings. The lowest BCUT2D eigenvalue weighted by molar-refractivity contribution is -0.131. The van der Waals surface area contributed by atoms with Gasteiger partial charge in [0.15, 0.2) is 12.5 Å². The van der Waals surface area contributed by atoms with Gasteiger partial charge >= 0.3 is 0 Å². The molecular weight excluding hydrogens is 256 g/mol. The maximum absolute atomic E-state index is 11.4. The molecule has 1 rings (SSSR count). The van der Waals surface area contributed by atoms with Crippen molar-refractivity contribution in [3.63, 3.8) is 0 Å². The van der Waals surface area contributed by atoms with Crippen LogP contribution in [0.5, 0.6) is 0 Å². The second-order valence-corrected chi connectivity index (χ2v) is 4.11. The third-order valence-corrected chi connectivity index (χ3v) is 2.37. The molecule has 0 unspecified atom stereocenters. The number of ether oxygens (including phenoxy) is 1. The van der Waals surface area contributed by atoms with E-state index in [2.05, 4.69) is 21.7 Å². The molecule has 0 N–H and O–H groups in total. The Morgan fingerprint density at radius 1 is 1.50 bits per heavy atom. The van der Waals surface area contributed by atoms with Crippen LogP contribution in [0.1, 0.15) is 12.6 Å². The number of amides is 1. The van der Waals surface area contributed by atoms with Crippen LogP contribution in [-0.4, -0.2) is 49.1 Å². The van der Waals surface area contributed by atoms with Crippen LogP contribution < -0.4 is 0 Å². The van der Waals surface area contributed by atoms with Crippen molar-refractivity contribution < 1.29 is 9.53 Å². The van der Waals surface area contributed by atoms with E-state index in [0.29, 0.717) is 17.3 Å². The van der Waals surface area contributed by atoms with Gasteiger partial charge in [0.05, 0.1) is 11.9 Å². The monoisotopic (exact) mass is 274 g/mol. The molecule has 0 aromatic carbocycles. The number of likely N-dealkylation sites (N-methyl/N-ethyl adjacent to an activating group) is 1. The van der Waals surface area contributed by atoms with Gasteiger partial charge in [-0.05, 0) is 18.9 Å². The van der Waals surface area contributed by atoms with Crippen LogP contribution in [-0.2, 0) is 9.53 Å². The first-order valence-electron chi connectivity index (χ1n) is 6.00. The van der Waals surface area contributed by atoms with Gasteiger partial charge in [-0.3, -0.25) is 14.8 Å². The maximum atomic E-state index is 11.4. The number of hydrogen-bond donors (Lipinski definition) is 0. The van der Waals surface area contributed by atoms with Crippen molar-refractivity contribution in [1.82, 2.24) is 9.88 Å². The molecule has 0 aliphatic heterocycles. The lowest BCUT2D eigenvalue weighted by Crippen LogP contribution is -2.27. The molecule has 20 heavy (non-hydrogen) atoms. The summed E-state index contributed by atoms with van der Waals surface area (Å²) < 4.78 is 5.23. The van der Waals surface area contributed by atoms with Crippen LogP contribution in [0.3, 0.4) is 0 Å². The van der Waals surface area contributed by atoms with Crippen LogP contribution in [0.25, 0.3) is 5.70 Å². The van der Waals surface area contributed by atoms with E-state index >= 15 is 0 Å². The van der Waals surface area contributed by atoms with Crippen molar-refractivity contribution in [3.05, 3.63) is 36.3 Å². The first kappa shape index (κ1) is 15.6. The summed E-state index contributed by atoms with van der Waals surface area (Å²) in [6.07, 6.45) is 3.17. The average molecular weight is 274 g/mol. The molecule has 6 nitrogen and oxygen atoms in total. The maximum Gasteiger partial charge on any atom is 0.260 e. The molecular formula is C14H18N4O2. The van der Waals surface area contributed by atoms with Crippen LogP contribution >= 0.6 is 0 Å². The van der Waals surface area contributed by atoms with Crippen LogP contribution in [0.15, 0.2) is 40.6 Å². The van der Waals surface area contributed by atoms with E-state index in [1.807, 2.05) is 18.2 Å². The molecule has 0 saturated heterocycles. The van der Waals surface area contributed by atoms with Gasteiger partial charge in [-0.1, -0.05) is 6.07 Å². The molecule has 0 aliphatic carbocycles. The molecule has 0 saturated carbocycles. The number of hydrogen-bond acceptors (Lipinski definition) is 5. The Morgan fingerprint density at radius 3 is 2.80 bits per heavy atom. The summed E-state index contributed by atoms with van der Waals surface area (Å²) >= 11 is 0. The predicted molar refractivity (Wildman–Crippen MR) is 79.5 cm³/mol. The van der Waals surface area contributed by atoms with E-state index in [0.717, 1.165) is 0 Å².